The lowest BCUT2D eigenvalue weighted by atomic mass is 9.42. The highest BCUT2D eigenvalue weighted by Crippen LogP contribution is 2.76. The molecule has 4 bridgehead atoms. The fraction of sp³-hybridized carbons (Fsp3) is 0.565. The number of nitrogens with zero attached hydrogens (tertiary/aromatic N) is 1. The normalized spacial score (nSPS) is 43.3. The number of piperidine rings is 2. The molecule has 0 aromatic heterocycles. The lowest BCUT2D eigenvalue weighted by Gasteiger charge is -2.64. The number of allylic oxidation sites excluding steroid dienone is 1. The number of fused-ring (bicyclic) bond motifs is 4. The number of rotatable bonds is 3. The molecule has 7 nitrogen and oxygen atoms in total. The molecule has 1 aromatic rings. The predicted molar refractivity (Wildman–Crippen MR) is 107 cm³/mol. The molecule has 5 aliphatic rings. The van der Waals surface area contributed by atoms with Crippen LogP contribution < -0.4 is 5.32 Å². The van der Waals surface area contributed by atoms with Crippen LogP contribution in [0, 0.1) is 11.3 Å². The Labute approximate surface area is 175 Å². The molecule has 4 fully saturated rings. The molecule has 4 aliphatic heterocycles. The van der Waals surface area contributed by atoms with Gasteiger partial charge >= 0.3 is 11.9 Å². The number of esters is 2. The van der Waals surface area contributed by atoms with Crippen LogP contribution in [0.3, 0.4) is 0 Å². The van der Waals surface area contributed by atoms with E-state index in [-0.39, 0.29) is 30.8 Å². The van der Waals surface area contributed by atoms with Gasteiger partial charge in [-0.25, -0.2) is 0 Å². The van der Waals surface area contributed by atoms with Crippen molar-refractivity contribution >= 4 is 17.6 Å². The third-order valence-corrected chi connectivity index (χ3v) is 8.44. The number of carbonyl (C=O) groups excluding carboxylic acids is 2. The molecule has 1 N–H and O–H groups in total. The van der Waals surface area contributed by atoms with Crippen molar-refractivity contribution in [1.29, 1.82) is 0 Å². The van der Waals surface area contributed by atoms with E-state index in [2.05, 4.69) is 22.4 Å². The number of para-hydroxylation sites is 1. The SMILES string of the molecule is C/C=C1/CN2[C@@H]3C[C@@]45c6ccccc6N[C@]4(O3)[C@@H]2C[C@H]1C5(COC(C)=O)C(=O)OC. The minimum atomic E-state index is -1.06. The van der Waals surface area contributed by atoms with Gasteiger partial charge in [0, 0.05) is 31.5 Å². The summed E-state index contributed by atoms with van der Waals surface area (Å²) in [6.45, 7) is 4.15. The fourth-order valence-electron chi connectivity index (χ4n) is 7.51. The van der Waals surface area contributed by atoms with Crippen molar-refractivity contribution in [3.05, 3.63) is 41.5 Å². The van der Waals surface area contributed by atoms with Crippen LogP contribution in [0.4, 0.5) is 5.69 Å². The Morgan fingerprint density at radius 3 is 2.90 bits per heavy atom. The van der Waals surface area contributed by atoms with Gasteiger partial charge in [-0.3, -0.25) is 14.5 Å². The van der Waals surface area contributed by atoms with E-state index in [1.807, 2.05) is 25.1 Å². The standard InChI is InChI=1S/C23H26N2O5/c1-4-14-11-25-18-9-16(14)21(20(27)28-3,12-29-13(2)26)22-10-19(25)30-23(18,22)24-17-8-6-5-7-15(17)22/h4-8,16,18-19,24H,9-12H2,1-3H3/b14-4-/t16-,18+,19+,21?,22+,23+/m1/s1. The van der Waals surface area contributed by atoms with Crippen molar-refractivity contribution in [3.8, 4) is 0 Å². The Morgan fingerprint density at radius 1 is 1.37 bits per heavy atom. The zero-order valence-corrected chi connectivity index (χ0v) is 17.4. The smallest absolute Gasteiger partial charge is 0.317 e. The van der Waals surface area contributed by atoms with Crippen molar-refractivity contribution in [1.82, 2.24) is 4.90 Å². The van der Waals surface area contributed by atoms with Gasteiger partial charge in [0.05, 0.1) is 18.6 Å². The number of benzene rings is 1. The van der Waals surface area contributed by atoms with Crippen LogP contribution in [0.25, 0.3) is 0 Å². The van der Waals surface area contributed by atoms with Crippen LogP contribution in [-0.4, -0.2) is 55.1 Å². The second kappa shape index (κ2) is 5.65. The molecule has 30 heavy (non-hydrogen) atoms. The lowest BCUT2D eigenvalue weighted by molar-refractivity contribution is -0.196. The highest BCUT2D eigenvalue weighted by atomic mass is 16.6. The van der Waals surface area contributed by atoms with Crippen molar-refractivity contribution in [2.24, 2.45) is 11.3 Å². The molecule has 1 spiro atoms. The van der Waals surface area contributed by atoms with E-state index in [0.717, 1.165) is 24.2 Å². The van der Waals surface area contributed by atoms with Gasteiger partial charge in [0.15, 0.2) is 5.72 Å². The van der Waals surface area contributed by atoms with E-state index in [4.69, 9.17) is 14.2 Å². The van der Waals surface area contributed by atoms with Gasteiger partial charge < -0.3 is 19.5 Å². The number of hydrogen-bond donors (Lipinski definition) is 1. The number of anilines is 1. The third kappa shape index (κ3) is 1.70. The molecule has 3 saturated heterocycles. The van der Waals surface area contributed by atoms with Gasteiger partial charge in [0.1, 0.15) is 18.2 Å². The minimum absolute atomic E-state index is 0.0163. The zero-order valence-electron chi connectivity index (χ0n) is 17.4. The minimum Gasteiger partial charge on any atom is -0.468 e. The first-order chi connectivity index (χ1) is 14.4. The van der Waals surface area contributed by atoms with Crippen LogP contribution in [0.2, 0.25) is 0 Å². The second-order valence-corrected chi connectivity index (χ2v) is 9.17. The lowest BCUT2D eigenvalue weighted by Crippen LogP contribution is -2.78. The zero-order chi connectivity index (χ0) is 20.9. The largest absolute Gasteiger partial charge is 0.468 e. The van der Waals surface area contributed by atoms with Gasteiger partial charge in [-0.1, -0.05) is 29.8 Å². The second-order valence-electron chi connectivity index (χ2n) is 9.17. The average molecular weight is 410 g/mol. The molecule has 1 saturated carbocycles. The van der Waals surface area contributed by atoms with Gasteiger partial charge in [0.25, 0.3) is 0 Å². The summed E-state index contributed by atoms with van der Waals surface area (Å²) in [5, 5.41) is 3.70. The Bertz CT molecular complexity index is 1010. The van der Waals surface area contributed by atoms with Crippen molar-refractivity contribution in [2.75, 3.05) is 25.6 Å². The summed E-state index contributed by atoms with van der Waals surface area (Å²) in [6.07, 6.45) is 3.45. The maximum atomic E-state index is 13.8. The maximum absolute atomic E-state index is 13.8. The Morgan fingerprint density at radius 2 is 2.17 bits per heavy atom. The quantitative estimate of drug-likeness (QED) is 0.605. The van der Waals surface area contributed by atoms with Gasteiger partial charge in [-0.05, 0) is 25.0 Å². The molecular weight excluding hydrogens is 384 g/mol. The van der Waals surface area contributed by atoms with Crippen LogP contribution in [-0.2, 0) is 29.2 Å². The van der Waals surface area contributed by atoms with Crippen LogP contribution in [0.5, 0.6) is 0 Å². The third-order valence-electron chi connectivity index (χ3n) is 8.44. The Balaban J connectivity index is 1.69. The first-order valence-electron chi connectivity index (χ1n) is 10.6. The summed E-state index contributed by atoms with van der Waals surface area (Å²) in [4.78, 5) is 28.2. The number of ether oxygens (including phenoxy) is 3. The van der Waals surface area contributed by atoms with Gasteiger partial charge in [0.2, 0.25) is 0 Å². The van der Waals surface area contributed by atoms with Crippen LogP contribution in [0.15, 0.2) is 35.9 Å². The van der Waals surface area contributed by atoms with Gasteiger partial charge in [-0.15, -0.1) is 0 Å². The van der Waals surface area contributed by atoms with E-state index >= 15 is 0 Å². The number of hydrogen-bond acceptors (Lipinski definition) is 7. The van der Waals surface area contributed by atoms with Crippen molar-refractivity contribution in [2.45, 2.75) is 50.1 Å². The Kier molecular flexibility index (Phi) is 3.46. The summed E-state index contributed by atoms with van der Waals surface area (Å²) in [7, 11) is 1.43. The molecule has 158 valence electrons. The van der Waals surface area contributed by atoms with Crippen molar-refractivity contribution < 1.29 is 23.8 Å². The van der Waals surface area contributed by atoms with Crippen LogP contribution >= 0.6 is 0 Å². The summed E-state index contributed by atoms with van der Waals surface area (Å²) < 4.78 is 17.9. The molecule has 0 radical (unpaired) electrons. The average Bonchev–Trinajstić information content (AvgIpc) is 3.35. The number of nitrogens with one attached hydrogen (secondary N) is 1. The molecule has 7 heteroatoms. The summed E-state index contributed by atoms with van der Waals surface area (Å²) in [5.74, 6) is -0.804. The highest BCUT2D eigenvalue weighted by molar-refractivity contribution is 5.86. The van der Waals surface area contributed by atoms with E-state index in [1.165, 1.54) is 19.6 Å². The molecule has 1 aliphatic carbocycles. The van der Waals surface area contributed by atoms with E-state index < -0.39 is 22.5 Å². The first kappa shape index (κ1) is 18.4. The van der Waals surface area contributed by atoms with Crippen LogP contribution in [0.1, 0.15) is 32.3 Å². The van der Waals surface area contributed by atoms with E-state index in [1.54, 1.807) is 0 Å². The fourth-order valence-corrected chi connectivity index (χ4v) is 7.51. The topological polar surface area (TPSA) is 77.1 Å². The molecule has 6 atom stereocenters. The molecule has 1 unspecified atom stereocenters. The monoisotopic (exact) mass is 410 g/mol. The predicted octanol–water partition coefficient (Wildman–Crippen LogP) is 2.18. The Hall–Kier alpha value is -2.38. The summed E-state index contributed by atoms with van der Waals surface area (Å²) in [5.41, 5.74) is 0.775. The molecule has 6 rings (SSSR count). The molecule has 0 amide bonds. The highest BCUT2D eigenvalue weighted by Gasteiger charge is 2.87. The van der Waals surface area contributed by atoms with E-state index in [0.29, 0.717) is 6.42 Å². The van der Waals surface area contributed by atoms with Gasteiger partial charge in [-0.2, -0.15) is 0 Å². The maximum Gasteiger partial charge on any atom is 0.317 e. The van der Waals surface area contributed by atoms with Crippen molar-refractivity contribution in [3.63, 3.8) is 0 Å². The van der Waals surface area contributed by atoms with E-state index in [9.17, 15) is 9.59 Å². The molecule has 1 aromatic carbocycles. The summed E-state index contributed by atoms with van der Waals surface area (Å²) >= 11 is 0. The first-order valence-corrected chi connectivity index (χ1v) is 10.6. The number of methoxy groups -OCH3 is 1. The number of carbonyl (C=O) groups is 2. The molecular formula is C23H26N2O5. The molecule has 4 heterocycles. The summed E-state index contributed by atoms with van der Waals surface area (Å²) in [6, 6.07) is 8.28.